The number of fused-ring (bicyclic) bond motifs is 1. The molecule has 0 aliphatic carbocycles. The Morgan fingerprint density at radius 2 is 2.04 bits per heavy atom. The van der Waals surface area contributed by atoms with Crippen LogP contribution in [-0.2, 0) is 9.53 Å². The molecule has 0 atom stereocenters. The fourth-order valence-corrected chi connectivity index (χ4v) is 4.51. The van der Waals surface area contributed by atoms with Crippen molar-refractivity contribution in [2.75, 3.05) is 42.3 Å². The van der Waals surface area contributed by atoms with Crippen molar-refractivity contribution < 1.29 is 9.53 Å². The topological polar surface area (TPSA) is 80.2 Å². The lowest BCUT2D eigenvalue weighted by Gasteiger charge is -2.25. The van der Waals surface area contributed by atoms with E-state index in [1.54, 1.807) is 11.3 Å². The summed E-state index contributed by atoms with van der Waals surface area (Å²) >= 11 is 2.97. The molecule has 2 aromatic heterocycles. The molecule has 0 saturated carbocycles. The first kappa shape index (κ1) is 17.2. The number of morpholine rings is 1. The third-order valence-electron chi connectivity index (χ3n) is 3.83. The first-order valence-electron chi connectivity index (χ1n) is 8.21. The minimum atomic E-state index is -0.0640. The molecule has 1 aliphatic heterocycles. The number of aromatic nitrogens is 3. The zero-order chi connectivity index (χ0) is 17.8. The highest BCUT2D eigenvalue weighted by Crippen LogP contribution is 2.33. The minimum absolute atomic E-state index is 0.0640. The van der Waals surface area contributed by atoms with Gasteiger partial charge < -0.3 is 15.0 Å². The first-order valence-corrected chi connectivity index (χ1v) is 10.0. The third-order valence-corrected chi connectivity index (χ3v) is 6.06. The first-order chi connectivity index (χ1) is 12.8. The van der Waals surface area contributed by atoms with Crippen molar-refractivity contribution >= 4 is 50.2 Å². The molecule has 1 saturated heterocycles. The van der Waals surface area contributed by atoms with E-state index in [-0.39, 0.29) is 11.7 Å². The van der Waals surface area contributed by atoms with Gasteiger partial charge in [-0.15, -0.1) is 0 Å². The number of para-hydroxylation sites is 1. The SMILES string of the molecule is O=C(CSc1ncnc2nc(N3CCOCC3)sc12)Nc1ccccc1. The Bertz CT molecular complexity index is 897. The Labute approximate surface area is 158 Å². The van der Waals surface area contributed by atoms with Gasteiger partial charge >= 0.3 is 0 Å². The maximum Gasteiger partial charge on any atom is 0.234 e. The van der Waals surface area contributed by atoms with Crippen LogP contribution in [-0.4, -0.2) is 52.9 Å². The molecule has 0 radical (unpaired) electrons. The summed E-state index contributed by atoms with van der Waals surface area (Å²) in [6.07, 6.45) is 1.50. The van der Waals surface area contributed by atoms with Gasteiger partial charge in [0.15, 0.2) is 10.8 Å². The molecule has 1 fully saturated rings. The minimum Gasteiger partial charge on any atom is -0.378 e. The number of nitrogens with one attached hydrogen (secondary N) is 1. The summed E-state index contributed by atoms with van der Waals surface area (Å²) in [6.45, 7) is 3.08. The number of thioether (sulfide) groups is 1. The third kappa shape index (κ3) is 3.95. The molecule has 3 aromatic rings. The lowest BCUT2D eigenvalue weighted by molar-refractivity contribution is -0.113. The number of carbonyl (C=O) groups excluding carboxylic acids is 1. The average molecular weight is 387 g/mol. The van der Waals surface area contributed by atoms with Crippen molar-refractivity contribution in [3.05, 3.63) is 36.7 Å². The van der Waals surface area contributed by atoms with E-state index in [2.05, 4.69) is 25.2 Å². The molecular formula is C17H17N5O2S2. The summed E-state index contributed by atoms with van der Waals surface area (Å²) in [4.78, 5) is 27.6. The average Bonchev–Trinajstić information content (AvgIpc) is 3.13. The summed E-state index contributed by atoms with van der Waals surface area (Å²) < 4.78 is 6.31. The van der Waals surface area contributed by atoms with Crippen LogP contribution in [0.4, 0.5) is 10.8 Å². The Hall–Kier alpha value is -2.23. The number of benzene rings is 1. The molecule has 7 nitrogen and oxygen atoms in total. The van der Waals surface area contributed by atoms with Crippen molar-refractivity contribution in [1.29, 1.82) is 0 Å². The highest BCUT2D eigenvalue weighted by atomic mass is 32.2. The van der Waals surface area contributed by atoms with Crippen molar-refractivity contribution in [3.63, 3.8) is 0 Å². The second-order valence-electron chi connectivity index (χ2n) is 5.63. The molecular weight excluding hydrogens is 370 g/mol. The van der Waals surface area contributed by atoms with E-state index in [1.807, 2.05) is 30.3 Å². The van der Waals surface area contributed by atoms with Crippen LogP contribution in [0.2, 0.25) is 0 Å². The van der Waals surface area contributed by atoms with Gasteiger partial charge in [0.25, 0.3) is 0 Å². The van der Waals surface area contributed by atoms with Crippen LogP contribution in [0.1, 0.15) is 0 Å². The Balaban J connectivity index is 1.46. The second-order valence-corrected chi connectivity index (χ2v) is 7.57. The fourth-order valence-electron chi connectivity index (χ4n) is 2.57. The van der Waals surface area contributed by atoms with Crippen LogP contribution in [0.25, 0.3) is 10.3 Å². The van der Waals surface area contributed by atoms with Crippen LogP contribution < -0.4 is 10.2 Å². The lowest BCUT2D eigenvalue weighted by Crippen LogP contribution is -2.36. The molecule has 1 aliphatic rings. The molecule has 1 N–H and O–H groups in total. The van der Waals surface area contributed by atoms with E-state index in [0.29, 0.717) is 18.9 Å². The molecule has 1 amide bonds. The molecule has 0 spiro atoms. The predicted octanol–water partition coefficient (Wildman–Crippen LogP) is 2.65. The number of nitrogens with zero attached hydrogens (tertiary/aromatic N) is 4. The van der Waals surface area contributed by atoms with E-state index in [0.717, 1.165) is 33.6 Å². The fraction of sp³-hybridized carbons (Fsp3) is 0.294. The molecule has 9 heteroatoms. The summed E-state index contributed by atoms with van der Waals surface area (Å²) in [5.74, 6) is 0.220. The summed E-state index contributed by atoms with van der Waals surface area (Å²) in [7, 11) is 0. The van der Waals surface area contributed by atoms with Crippen LogP contribution in [0.5, 0.6) is 0 Å². The van der Waals surface area contributed by atoms with E-state index in [4.69, 9.17) is 4.74 Å². The normalized spacial score (nSPS) is 14.5. The lowest BCUT2D eigenvalue weighted by atomic mass is 10.3. The van der Waals surface area contributed by atoms with Crippen molar-refractivity contribution in [2.45, 2.75) is 5.03 Å². The van der Waals surface area contributed by atoms with Crippen LogP contribution in [0.15, 0.2) is 41.7 Å². The van der Waals surface area contributed by atoms with E-state index in [9.17, 15) is 4.79 Å². The number of thiazole rings is 1. The molecule has 1 aromatic carbocycles. The maximum absolute atomic E-state index is 12.2. The summed E-state index contributed by atoms with van der Waals surface area (Å²) in [5, 5.41) is 4.60. The van der Waals surface area contributed by atoms with Crippen molar-refractivity contribution in [2.24, 2.45) is 0 Å². The van der Waals surface area contributed by atoms with Crippen molar-refractivity contribution in [3.8, 4) is 0 Å². The molecule has 3 heterocycles. The predicted molar refractivity (Wildman–Crippen MR) is 104 cm³/mol. The Morgan fingerprint density at radius 1 is 1.23 bits per heavy atom. The number of hydrogen-bond acceptors (Lipinski definition) is 8. The van der Waals surface area contributed by atoms with Gasteiger partial charge in [0.2, 0.25) is 5.91 Å². The van der Waals surface area contributed by atoms with Gasteiger partial charge in [0, 0.05) is 18.8 Å². The van der Waals surface area contributed by atoms with Gasteiger partial charge in [-0.2, -0.15) is 4.98 Å². The molecule has 0 bridgehead atoms. The molecule has 26 heavy (non-hydrogen) atoms. The second kappa shape index (κ2) is 7.98. The highest BCUT2D eigenvalue weighted by molar-refractivity contribution is 8.00. The molecule has 0 unspecified atom stereocenters. The summed E-state index contributed by atoms with van der Waals surface area (Å²) in [5.41, 5.74) is 1.47. The van der Waals surface area contributed by atoms with E-state index in [1.165, 1.54) is 18.1 Å². The number of hydrogen-bond donors (Lipinski definition) is 1. The number of ether oxygens (including phenoxy) is 1. The maximum atomic E-state index is 12.2. The quantitative estimate of drug-likeness (QED) is 0.532. The highest BCUT2D eigenvalue weighted by Gasteiger charge is 2.18. The zero-order valence-corrected chi connectivity index (χ0v) is 15.6. The van der Waals surface area contributed by atoms with Gasteiger partial charge in [0.1, 0.15) is 16.1 Å². The van der Waals surface area contributed by atoms with E-state index < -0.39 is 0 Å². The van der Waals surface area contributed by atoms with Gasteiger partial charge in [-0.1, -0.05) is 41.3 Å². The van der Waals surface area contributed by atoms with E-state index >= 15 is 0 Å². The monoisotopic (exact) mass is 387 g/mol. The van der Waals surface area contributed by atoms with Crippen molar-refractivity contribution in [1.82, 2.24) is 15.0 Å². The van der Waals surface area contributed by atoms with Gasteiger partial charge in [-0.3, -0.25) is 4.79 Å². The van der Waals surface area contributed by atoms with Gasteiger partial charge in [0.05, 0.1) is 19.0 Å². The van der Waals surface area contributed by atoms with Gasteiger partial charge in [-0.25, -0.2) is 9.97 Å². The number of rotatable bonds is 5. The van der Waals surface area contributed by atoms with Crippen LogP contribution in [0, 0.1) is 0 Å². The number of amides is 1. The molecule has 134 valence electrons. The molecule has 4 rings (SSSR count). The van der Waals surface area contributed by atoms with Crippen LogP contribution in [0.3, 0.4) is 0 Å². The zero-order valence-electron chi connectivity index (χ0n) is 13.9. The Kier molecular flexibility index (Phi) is 5.28. The summed E-state index contributed by atoms with van der Waals surface area (Å²) in [6, 6.07) is 9.42. The Morgan fingerprint density at radius 3 is 2.85 bits per heavy atom. The largest absolute Gasteiger partial charge is 0.378 e. The number of carbonyl (C=O) groups is 1. The van der Waals surface area contributed by atoms with Crippen LogP contribution >= 0.6 is 23.1 Å². The number of anilines is 2. The standard InChI is InChI=1S/C17H17N5O2S2/c23-13(20-12-4-2-1-3-5-12)10-25-16-14-15(18-11-19-16)21-17(26-14)22-6-8-24-9-7-22/h1-5,11H,6-10H2,(H,20,23). The smallest absolute Gasteiger partial charge is 0.234 e. The van der Waals surface area contributed by atoms with Gasteiger partial charge in [-0.05, 0) is 12.1 Å².